The lowest BCUT2D eigenvalue weighted by molar-refractivity contribution is -0.151. The molecule has 0 aliphatic heterocycles. The Bertz CT molecular complexity index is 1160. The monoisotopic (exact) mass is 954 g/mol. The van der Waals surface area contributed by atoms with Crippen LogP contribution in [0.3, 0.4) is 0 Å². The number of nitrogens with one attached hydrogen (secondary N) is 1. The summed E-state index contributed by atoms with van der Waals surface area (Å²) in [4.78, 5) is 26.3. The molecule has 3 unspecified atom stereocenters. The maximum atomic E-state index is 13.3. The van der Waals surface area contributed by atoms with Gasteiger partial charge >= 0.3 is 5.97 Å². The van der Waals surface area contributed by atoms with E-state index in [-0.39, 0.29) is 24.9 Å². The lowest BCUT2D eigenvalue weighted by Gasteiger charge is -2.24. The maximum absolute atomic E-state index is 13.3. The minimum absolute atomic E-state index is 0.0709. The van der Waals surface area contributed by atoms with Gasteiger partial charge in [-0.05, 0) is 83.5 Å². The Hall–Kier alpha value is -2.18. The zero-order valence-corrected chi connectivity index (χ0v) is 45.5. The second kappa shape index (κ2) is 55.7. The molecule has 1 amide bonds. The van der Waals surface area contributed by atoms with Crippen LogP contribution in [0.4, 0.5) is 0 Å². The van der Waals surface area contributed by atoms with E-state index in [9.17, 15) is 19.8 Å². The van der Waals surface area contributed by atoms with Crippen molar-refractivity contribution < 1.29 is 24.5 Å². The SMILES string of the molecule is CC/C=C/C/C=C/C/C=C/CCCCCCCCC(=O)OC(CCCCCCCCC/C=C/CCCCCCCC)CC(=O)NC(CO)C(O)CCCCCCCCCCCCCCCCCC. The number of carbonyl (C=O) groups is 2. The van der Waals surface area contributed by atoms with E-state index in [1.165, 1.54) is 186 Å². The quantitative estimate of drug-likeness (QED) is 0.0321. The number of ether oxygens (including phenoxy) is 1. The fraction of sp³-hybridized carbons (Fsp3) is 0.839. The van der Waals surface area contributed by atoms with Gasteiger partial charge in [-0.3, -0.25) is 9.59 Å². The Morgan fingerprint density at radius 2 is 0.794 bits per heavy atom. The van der Waals surface area contributed by atoms with Crippen LogP contribution in [0.1, 0.15) is 310 Å². The first-order valence-electron chi connectivity index (χ1n) is 29.9. The molecule has 0 aliphatic carbocycles. The minimum Gasteiger partial charge on any atom is -0.462 e. The van der Waals surface area contributed by atoms with E-state index in [4.69, 9.17) is 4.74 Å². The van der Waals surface area contributed by atoms with E-state index in [1.807, 2.05) is 0 Å². The Kier molecular flexibility index (Phi) is 54.0. The summed E-state index contributed by atoms with van der Waals surface area (Å²) in [6.45, 7) is 6.40. The summed E-state index contributed by atoms with van der Waals surface area (Å²) in [5, 5.41) is 23.9. The highest BCUT2D eigenvalue weighted by Crippen LogP contribution is 2.19. The predicted octanol–water partition coefficient (Wildman–Crippen LogP) is 18.6. The lowest BCUT2D eigenvalue weighted by Crippen LogP contribution is -2.46. The van der Waals surface area contributed by atoms with Gasteiger partial charge in [-0.25, -0.2) is 0 Å². The molecule has 0 saturated heterocycles. The number of carbonyl (C=O) groups excluding carboxylic acids is 2. The van der Waals surface area contributed by atoms with Crippen LogP contribution in [0.25, 0.3) is 0 Å². The van der Waals surface area contributed by atoms with Gasteiger partial charge < -0.3 is 20.3 Å². The van der Waals surface area contributed by atoms with Gasteiger partial charge in [-0.2, -0.15) is 0 Å². The molecule has 0 aromatic rings. The molecule has 0 aliphatic rings. The molecule has 0 aromatic carbocycles. The number of unbranched alkanes of at least 4 members (excludes halogenated alkanes) is 34. The summed E-state index contributed by atoms with van der Waals surface area (Å²) in [6, 6.07) is -0.706. The number of aliphatic hydroxyl groups excluding tert-OH is 2. The summed E-state index contributed by atoms with van der Waals surface area (Å²) in [6.07, 6.45) is 68.9. The standard InChI is InChI=1S/C62H115NO5/c1-4-7-10-13-16-19-22-25-28-31-32-35-38-41-44-47-50-53-58(68-62(67)55-52-49-46-43-40-37-34-30-27-24-21-18-15-12-9-6-3)56-61(66)63-59(57-64)60(65)54-51-48-45-42-39-36-33-29-26-23-20-17-14-11-8-5-2/h9,12,18,21,25,27-28,30,58-60,64-65H,4-8,10-11,13-17,19-20,22-24,26,29,31-57H2,1-3H3,(H,63,66)/b12-9+,21-18+,28-25+,30-27+. The molecule has 6 nitrogen and oxygen atoms in total. The first kappa shape index (κ1) is 65.8. The number of esters is 1. The first-order chi connectivity index (χ1) is 33.5. The van der Waals surface area contributed by atoms with E-state index >= 15 is 0 Å². The highest BCUT2D eigenvalue weighted by atomic mass is 16.5. The second-order valence-corrected chi connectivity index (χ2v) is 20.4. The Morgan fingerprint density at radius 1 is 0.441 bits per heavy atom. The molecule has 0 spiro atoms. The van der Waals surface area contributed by atoms with Crippen LogP contribution in [0.15, 0.2) is 48.6 Å². The number of amides is 1. The molecule has 0 heterocycles. The number of aliphatic hydroxyl groups is 2. The van der Waals surface area contributed by atoms with E-state index in [2.05, 4.69) is 74.7 Å². The molecule has 6 heteroatoms. The van der Waals surface area contributed by atoms with Gasteiger partial charge in [0.15, 0.2) is 0 Å². The van der Waals surface area contributed by atoms with Crippen LogP contribution in [-0.4, -0.2) is 46.9 Å². The van der Waals surface area contributed by atoms with Crippen molar-refractivity contribution >= 4 is 11.9 Å². The van der Waals surface area contributed by atoms with Crippen LogP contribution >= 0.6 is 0 Å². The molecule has 0 rings (SSSR count). The van der Waals surface area contributed by atoms with Crippen LogP contribution in [-0.2, 0) is 14.3 Å². The third-order valence-electron chi connectivity index (χ3n) is 13.6. The van der Waals surface area contributed by atoms with Gasteiger partial charge in [-0.15, -0.1) is 0 Å². The second-order valence-electron chi connectivity index (χ2n) is 20.4. The number of hydrogen-bond donors (Lipinski definition) is 3. The van der Waals surface area contributed by atoms with Gasteiger partial charge in [0, 0.05) is 6.42 Å². The number of hydrogen-bond acceptors (Lipinski definition) is 5. The number of rotatable bonds is 54. The minimum atomic E-state index is -0.792. The number of allylic oxidation sites excluding steroid dienone is 8. The van der Waals surface area contributed by atoms with Crippen molar-refractivity contribution in [2.24, 2.45) is 0 Å². The van der Waals surface area contributed by atoms with Crippen molar-refractivity contribution in [1.82, 2.24) is 5.32 Å². The van der Waals surface area contributed by atoms with Gasteiger partial charge in [0.05, 0.1) is 25.2 Å². The summed E-state index contributed by atoms with van der Waals surface area (Å²) in [7, 11) is 0. The summed E-state index contributed by atoms with van der Waals surface area (Å²) in [5.74, 6) is -0.480. The Balaban J connectivity index is 4.56. The molecular weight excluding hydrogens is 839 g/mol. The topological polar surface area (TPSA) is 95.9 Å². The molecule has 0 aromatic heterocycles. The van der Waals surface area contributed by atoms with Crippen molar-refractivity contribution in [1.29, 1.82) is 0 Å². The molecule has 0 radical (unpaired) electrons. The summed E-state index contributed by atoms with van der Waals surface area (Å²) < 4.78 is 5.97. The molecular formula is C62H115NO5. The van der Waals surface area contributed by atoms with Gasteiger partial charge in [0.25, 0.3) is 0 Å². The molecule has 68 heavy (non-hydrogen) atoms. The Labute approximate surface area is 423 Å². The van der Waals surface area contributed by atoms with E-state index in [0.717, 1.165) is 77.0 Å². The molecule has 0 saturated carbocycles. The van der Waals surface area contributed by atoms with Crippen LogP contribution in [0, 0.1) is 0 Å². The Morgan fingerprint density at radius 3 is 1.22 bits per heavy atom. The van der Waals surface area contributed by atoms with E-state index in [1.54, 1.807) is 0 Å². The van der Waals surface area contributed by atoms with E-state index in [0.29, 0.717) is 19.3 Å². The van der Waals surface area contributed by atoms with Crippen molar-refractivity contribution in [3.63, 3.8) is 0 Å². The van der Waals surface area contributed by atoms with Gasteiger partial charge in [0.1, 0.15) is 6.10 Å². The zero-order valence-electron chi connectivity index (χ0n) is 45.5. The highest BCUT2D eigenvalue weighted by Gasteiger charge is 2.24. The third-order valence-corrected chi connectivity index (χ3v) is 13.6. The van der Waals surface area contributed by atoms with Crippen molar-refractivity contribution in [2.45, 2.75) is 328 Å². The fourth-order valence-electron chi connectivity index (χ4n) is 9.15. The van der Waals surface area contributed by atoms with Crippen molar-refractivity contribution in [2.75, 3.05) is 6.61 Å². The van der Waals surface area contributed by atoms with Crippen LogP contribution in [0.5, 0.6) is 0 Å². The molecule has 3 atom stereocenters. The predicted molar refractivity (Wildman–Crippen MR) is 296 cm³/mol. The molecule has 0 bridgehead atoms. The zero-order chi connectivity index (χ0) is 49.5. The maximum Gasteiger partial charge on any atom is 0.306 e. The van der Waals surface area contributed by atoms with Crippen LogP contribution < -0.4 is 5.32 Å². The van der Waals surface area contributed by atoms with Crippen LogP contribution in [0.2, 0.25) is 0 Å². The van der Waals surface area contributed by atoms with Crippen molar-refractivity contribution in [3.8, 4) is 0 Å². The summed E-state index contributed by atoms with van der Waals surface area (Å²) >= 11 is 0. The van der Waals surface area contributed by atoms with Gasteiger partial charge in [-0.1, -0.05) is 262 Å². The van der Waals surface area contributed by atoms with E-state index < -0.39 is 18.2 Å². The lowest BCUT2D eigenvalue weighted by atomic mass is 10.0. The highest BCUT2D eigenvalue weighted by molar-refractivity contribution is 5.77. The van der Waals surface area contributed by atoms with Gasteiger partial charge in [0.2, 0.25) is 5.91 Å². The molecule has 398 valence electrons. The smallest absolute Gasteiger partial charge is 0.306 e. The normalized spacial score (nSPS) is 13.4. The average molecular weight is 955 g/mol. The van der Waals surface area contributed by atoms with Crippen molar-refractivity contribution in [3.05, 3.63) is 48.6 Å². The largest absolute Gasteiger partial charge is 0.462 e. The summed E-state index contributed by atoms with van der Waals surface area (Å²) in [5.41, 5.74) is 0. The average Bonchev–Trinajstić information content (AvgIpc) is 3.33. The molecule has 0 fully saturated rings. The first-order valence-corrected chi connectivity index (χ1v) is 29.9. The third kappa shape index (κ3) is 50.2. The molecule has 3 N–H and O–H groups in total. The fourth-order valence-corrected chi connectivity index (χ4v) is 9.15.